The molecular weight excluding hydrogens is 586 g/mol. The van der Waals surface area contributed by atoms with Crippen LogP contribution in [0.1, 0.15) is 20.3 Å². The zero-order valence-corrected chi connectivity index (χ0v) is 24.4. The SMILES string of the molecule is C=C(C)C(=O)NCCCNC(=O)C(CSOOO)NS(=O)(=O)c1cc(OC(C)=O)c2ccc3cccc4ccc1c2c34. The third kappa shape index (κ3) is 6.98. The number of nitrogens with one attached hydrogen (secondary N) is 3. The maximum Gasteiger partial charge on any atom is 0.308 e. The molecule has 0 saturated heterocycles. The van der Waals surface area contributed by atoms with Gasteiger partial charge in [0.05, 0.1) is 4.90 Å². The van der Waals surface area contributed by atoms with Crippen molar-refractivity contribution in [1.29, 1.82) is 0 Å². The first kappa shape index (κ1) is 31.2. The van der Waals surface area contributed by atoms with E-state index in [-0.39, 0.29) is 35.4 Å². The van der Waals surface area contributed by atoms with Crippen LogP contribution in [-0.2, 0) is 33.8 Å². The predicted molar refractivity (Wildman–Crippen MR) is 158 cm³/mol. The van der Waals surface area contributed by atoms with Gasteiger partial charge in [-0.05, 0) is 35.6 Å². The molecule has 4 N–H and O–H groups in total. The van der Waals surface area contributed by atoms with Gasteiger partial charge in [0.25, 0.3) is 0 Å². The number of carbonyl (C=O) groups is 3. The molecule has 14 heteroatoms. The largest absolute Gasteiger partial charge is 0.426 e. The van der Waals surface area contributed by atoms with E-state index in [2.05, 4.69) is 31.3 Å². The van der Waals surface area contributed by atoms with E-state index >= 15 is 0 Å². The second-order valence-corrected chi connectivity index (χ2v) is 11.8. The third-order valence-electron chi connectivity index (χ3n) is 6.37. The van der Waals surface area contributed by atoms with Crippen LogP contribution in [0.5, 0.6) is 5.75 Å². The molecule has 4 aromatic rings. The maximum atomic E-state index is 13.9. The molecule has 4 aromatic carbocycles. The first-order valence-electron chi connectivity index (χ1n) is 12.8. The van der Waals surface area contributed by atoms with Gasteiger partial charge in [-0.15, -0.1) is 4.33 Å². The predicted octanol–water partition coefficient (Wildman–Crippen LogP) is 3.42. The summed E-state index contributed by atoms with van der Waals surface area (Å²) in [5, 5.41) is 21.4. The van der Waals surface area contributed by atoms with Crippen LogP contribution in [0.2, 0.25) is 0 Å². The van der Waals surface area contributed by atoms with E-state index < -0.39 is 27.9 Å². The summed E-state index contributed by atoms with van der Waals surface area (Å²) in [6.07, 6.45) is 0.369. The average molecular weight is 616 g/mol. The minimum Gasteiger partial charge on any atom is -0.426 e. The summed E-state index contributed by atoms with van der Waals surface area (Å²) in [5.74, 6) is -1.85. The molecule has 0 aliphatic heterocycles. The van der Waals surface area contributed by atoms with Crippen molar-refractivity contribution in [3.63, 3.8) is 0 Å². The lowest BCUT2D eigenvalue weighted by Crippen LogP contribution is -2.48. The number of ether oxygens (including phenoxy) is 1. The first-order chi connectivity index (χ1) is 20.0. The molecule has 12 nitrogen and oxygen atoms in total. The van der Waals surface area contributed by atoms with E-state index in [1.165, 1.54) is 13.0 Å². The number of sulfonamides is 1. The fourth-order valence-electron chi connectivity index (χ4n) is 4.54. The number of carbonyl (C=O) groups excluding carboxylic acids is 3. The minimum absolute atomic E-state index is 0.0535. The lowest BCUT2D eigenvalue weighted by molar-refractivity contribution is -0.432. The highest BCUT2D eigenvalue weighted by atomic mass is 32.2. The Morgan fingerprint density at radius 3 is 2.29 bits per heavy atom. The lowest BCUT2D eigenvalue weighted by atomic mass is 9.94. The molecule has 0 aliphatic carbocycles. The van der Waals surface area contributed by atoms with Crippen LogP contribution in [-0.4, -0.2) is 56.3 Å². The van der Waals surface area contributed by atoms with Crippen molar-refractivity contribution in [2.75, 3.05) is 18.8 Å². The maximum absolute atomic E-state index is 13.9. The number of amides is 2. The lowest BCUT2D eigenvalue weighted by Gasteiger charge is -2.20. The fraction of sp³-hybridized carbons (Fsp3) is 0.250. The average Bonchev–Trinajstić information content (AvgIpc) is 2.95. The number of rotatable bonds is 14. The Balaban J connectivity index is 1.67. The number of hydrogen-bond acceptors (Lipinski definition) is 10. The summed E-state index contributed by atoms with van der Waals surface area (Å²) in [7, 11) is -4.42. The van der Waals surface area contributed by atoms with Gasteiger partial charge in [-0.1, -0.05) is 48.0 Å². The molecule has 1 unspecified atom stereocenters. The van der Waals surface area contributed by atoms with Crippen LogP contribution in [0.15, 0.2) is 65.6 Å². The Morgan fingerprint density at radius 1 is 0.976 bits per heavy atom. The summed E-state index contributed by atoms with van der Waals surface area (Å²) < 4.78 is 39.9. The molecule has 0 radical (unpaired) electrons. The van der Waals surface area contributed by atoms with Crippen LogP contribution in [0.4, 0.5) is 0 Å². The summed E-state index contributed by atoms with van der Waals surface area (Å²) in [4.78, 5) is 36.4. The molecule has 0 aromatic heterocycles. The molecule has 1 atom stereocenters. The second-order valence-electron chi connectivity index (χ2n) is 9.43. The topological polar surface area (TPSA) is 169 Å². The Kier molecular flexibility index (Phi) is 9.98. The van der Waals surface area contributed by atoms with Gasteiger partial charge in [-0.25, -0.2) is 13.7 Å². The Bertz CT molecular complexity index is 1740. The van der Waals surface area contributed by atoms with Crippen molar-refractivity contribution >= 4 is 72.2 Å². The normalized spacial score (nSPS) is 12.5. The minimum atomic E-state index is -4.42. The number of esters is 1. The standard InChI is InChI=1S/C28H29N3O9S2/c1-16(2)27(33)29-12-5-13-30-28(34)22(15-41-40-39-35)31-42(36,37)24-14-23(38-17(3)32)20-10-8-18-6-4-7-19-9-11-21(24)26(20)25(18)19/h4,6-11,14,22,31,35H,1,5,12-13,15H2,2-3H3,(H,29,33)(H,30,34). The van der Waals surface area contributed by atoms with E-state index in [4.69, 9.17) is 9.99 Å². The molecule has 4 rings (SSSR count). The smallest absolute Gasteiger partial charge is 0.308 e. The Labute approximate surface area is 245 Å². The van der Waals surface area contributed by atoms with Crippen molar-refractivity contribution in [2.24, 2.45) is 0 Å². The van der Waals surface area contributed by atoms with E-state index in [0.717, 1.165) is 16.2 Å². The van der Waals surface area contributed by atoms with E-state index in [9.17, 15) is 22.8 Å². The van der Waals surface area contributed by atoms with Gasteiger partial charge in [0.15, 0.2) is 0 Å². The van der Waals surface area contributed by atoms with Gasteiger partial charge in [0.1, 0.15) is 11.8 Å². The Hall–Kier alpha value is -3.79. The molecule has 0 fully saturated rings. The van der Waals surface area contributed by atoms with Gasteiger partial charge < -0.3 is 15.4 Å². The Morgan fingerprint density at radius 2 is 1.64 bits per heavy atom. The monoisotopic (exact) mass is 615 g/mol. The molecule has 222 valence electrons. The van der Waals surface area contributed by atoms with Crippen molar-refractivity contribution in [1.82, 2.24) is 15.4 Å². The summed E-state index contributed by atoms with van der Waals surface area (Å²) >= 11 is 0.502. The van der Waals surface area contributed by atoms with Gasteiger partial charge in [-0.3, -0.25) is 14.4 Å². The highest BCUT2D eigenvalue weighted by Crippen LogP contribution is 2.41. The molecule has 0 heterocycles. The van der Waals surface area contributed by atoms with Crippen molar-refractivity contribution in [2.45, 2.75) is 31.2 Å². The molecule has 0 spiro atoms. The van der Waals surface area contributed by atoms with Gasteiger partial charge in [-0.2, -0.15) is 4.72 Å². The molecule has 42 heavy (non-hydrogen) atoms. The molecule has 2 amide bonds. The summed E-state index contributed by atoms with van der Waals surface area (Å²) in [6, 6.07) is 12.7. The molecule has 0 bridgehead atoms. The van der Waals surface area contributed by atoms with Gasteiger partial charge in [0, 0.05) is 65.6 Å². The van der Waals surface area contributed by atoms with Crippen LogP contribution in [0, 0.1) is 0 Å². The zero-order chi connectivity index (χ0) is 30.4. The number of benzene rings is 4. The van der Waals surface area contributed by atoms with Crippen LogP contribution >= 0.6 is 12.0 Å². The molecule has 0 aliphatic rings. The van der Waals surface area contributed by atoms with Crippen LogP contribution in [0.3, 0.4) is 0 Å². The van der Waals surface area contributed by atoms with Gasteiger partial charge >= 0.3 is 5.97 Å². The fourth-order valence-corrected chi connectivity index (χ4v) is 6.53. The molecule has 0 saturated carbocycles. The van der Waals surface area contributed by atoms with Gasteiger partial charge in [0.2, 0.25) is 21.8 Å². The first-order valence-corrected chi connectivity index (χ1v) is 15.1. The van der Waals surface area contributed by atoms with Crippen molar-refractivity contribution in [3.05, 3.63) is 60.7 Å². The third-order valence-corrected chi connectivity index (χ3v) is 8.50. The van der Waals surface area contributed by atoms with E-state index in [1.807, 2.05) is 24.3 Å². The van der Waals surface area contributed by atoms with Crippen molar-refractivity contribution < 1.29 is 42.2 Å². The highest BCUT2D eigenvalue weighted by Gasteiger charge is 2.29. The second kappa shape index (κ2) is 13.5. The molecular formula is C28H29N3O9S2. The van der Waals surface area contributed by atoms with Crippen molar-refractivity contribution in [3.8, 4) is 5.75 Å². The van der Waals surface area contributed by atoms with E-state index in [0.29, 0.717) is 40.2 Å². The number of hydrogen-bond donors (Lipinski definition) is 4. The summed E-state index contributed by atoms with van der Waals surface area (Å²) in [5.41, 5.74) is 0.347. The zero-order valence-electron chi connectivity index (χ0n) is 22.8. The van der Waals surface area contributed by atoms with Crippen LogP contribution < -0.4 is 20.1 Å². The van der Waals surface area contributed by atoms with Crippen LogP contribution in [0.25, 0.3) is 32.3 Å². The highest BCUT2D eigenvalue weighted by molar-refractivity contribution is 7.94. The summed E-state index contributed by atoms with van der Waals surface area (Å²) in [6.45, 7) is 6.73. The quantitative estimate of drug-likeness (QED) is 0.0241. The van der Waals surface area contributed by atoms with E-state index in [1.54, 1.807) is 25.1 Å².